The molecule has 1 saturated heterocycles. The van der Waals surface area contributed by atoms with Gasteiger partial charge in [-0.1, -0.05) is 35.9 Å². The van der Waals surface area contributed by atoms with Gasteiger partial charge >= 0.3 is 0 Å². The van der Waals surface area contributed by atoms with Crippen LogP contribution in [0.5, 0.6) is 0 Å². The number of carbonyl (C=O) groups excluding carboxylic acids is 2. The van der Waals surface area contributed by atoms with Gasteiger partial charge in [-0.2, -0.15) is 0 Å². The molecule has 162 valence electrons. The molecule has 0 aromatic heterocycles. The third-order valence-corrected chi connectivity index (χ3v) is 6.56. The third kappa shape index (κ3) is 3.90. The average Bonchev–Trinajstić information content (AvgIpc) is 2.98. The fourth-order valence-electron chi connectivity index (χ4n) is 4.75. The van der Waals surface area contributed by atoms with Crippen LogP contribution in [0, 0.1) is 20.8 Å². The summed E-state index contributed by atoms with van der Waals surface area (Å²) in [6.45, 7) is 8.00. The molecule has 2 aromatic carbocycles. The summed E-state index contributed by atoms with van der Waals surface area (Å²) in [4.78, 5) is 33.2. The highest BCUT2D eigenvalue weighted by Crippen LogP contribution is 2.37. The molecule has 0 radical (unpaired) electrons. The van der Waals surface area contributed by atoms with E-state index >= 15 is 0 Å². The van der Waals surface area contributed by atoms with E-state index in [0.717, 1.165) is 48.2 Å². The number of aryl methyl sites for hydroxylation is 3. The van der Waals surface area contributed by atoms with E-state index in [4.69, 9.17) is 0 Å². The second-order valence-electron chi connectivity index (χ2n) is 8.97. The van der Waals surface area contributed by atoms with Crippen LogP contribution in [0.25, 0.3) is 5.57 Å². The normalized spacial score (nSPS) is 18.3. The zero-order valence-electron chi connectivity index (χ0n) is 19.1. The second kappa shape index (κ2) is 8.31. The van der Waals surface area contributed by atoms with Crippen LogP contribution in [0.2, 0.25) is 0 Å². The Hall–Kier alpha value is -2.92. The zero-order valence-corrected chi connectivity index (χ0v) is 19.1. The first kappa shape index (κ1) is 21.3. The molecule has 0 bridgehead atoms. The molecule has 0 N–H and O–H groups in total. The standard InChI is InChI=1S/C26H31N3O2/c1-17-7-6-8-21(16-17)29-25(30)23(22-10-9-18(2)15-19(22)3)24(26(29)31)28(5)20-11-13-27(4)14-12-20/h6-10,15-16,20H,11-14H2,1-5H3. The molecule has 4 rings (SSSR count). The number of carbonyl (C=O) groups is 2. The lowest BCUT2D eigenvalue weighted by Crippen LogP contribution is -2.43. The summed E-state index contributed by atoms with van der Waals surface area (Å²) in [6, 6.07) is 13.9. The average molecular weight is 418 g/mol. The van der Waals surface area contributed by atoms with Gasteiger partial charge in [-0.05, 0) is 82.6 Å². The summed E-state index contributed by atoms with van der Waals surface area (Å²) in [7, 11) is 4.10. The highest BCUT2D eigenvalue weighted by molar-refractivity contribution is 6.45. The number of amides is 2. The number of benzene rings is 2. The topological polar surface area (TPSA) is 43.9 Å². The van der Waals surface area contributed by atoms with Gasteiger partial charge in [0.25, 0.3) is 11.8 Å². The number of anilines is 1. The lowest BCUT2D eigenvalue weighted by molar-refractivity contribution is -0.120. The Balaban J connectivity index is 1.83. The summed E-state index contributed by atoms with van der Waals surface area (Å²) in [5, 5.41) is 0. The largest absolute Gasteiger partial charge is 0.366 e. The lowest BCUT2D eigenvalue weighted by atomic mass is 9.96. The van der Waals surface area contributed by atoms with Gasteiger partial charge < -0.3 is 9.80 Å². The maximum atomic E-state index is 13.7. The summed E-state index contributed by atoms with van der Waals surface area (Å²) >= 11 is 0. The zero-order chi connectivity index (χ0) is 22.3. The van der Waals surface area contributed by atoms with Crippen molar-refractivity contribution in [2.75, 3.05) is 32.1 Å². The van der Waals surface area contributed by atoms with E-state index in [1.54, 1.807) is 0 Å². The highest BCUT2D eigenvalue weighted by Gasteiger charge is 2.43. The Kier molecular flexibility index (Phi) is 5.71. The van der Waals surface area contributed by atoms with E-state index in [9.17, 15) is 9.59 Å². The predicted octanol–water partition coefficient (Wildman–Crippen LogP) is 3.92. The Labute approximate surface area is 184 Å². The van der Waals surface area contributed by atoms with Crippen molar-refractivity contribution in [1.29, 1.82) is 0 Å². The molecule has 2 aliphatic rings. The van der Waals surface area contributed by atoms with Crippen molar-refractivity contribution in [2.45, 2.75) is 39.7 Å². The lowest BCUT2D eigenvalue weighted by Gasteiger charge is -2.36. The van der Waals surface area contributed by atoms with Crippen LogP contribution in [-0.4, -0.2) is 54.8 Å². The molecular formula is C26H31N3O2. The van der Waals surface area contributed by atoms with Gasteiger partial charge in [0.15, 0.2) is 0 Å². The van der Waals surface area contributed by atoms with E-state index in [1.165, 1.54) is 4.90 Å². The predicted molar refractivity (Wildman–Crippen MR) is 125 cm³/mol. The molecule has 5 heteroatoms. The van der Waals surface area contributed by atoms with Crippen LogP contribution in [0.4, 0.5) is 5.69 Å². The van der Waals surface area contributed by atoms with Crippen LogP contribution < -0.4 is 4.90 Å². The van der Waals surface area contributed by atoms with E-state index in [-0.39, 0.29) is 17.9 Å². The van der Waals surface area contributed by atoms with E-state index in [1.807, 2.05) is 64.2 Å². The van der Waals surface area contributed by atoms with Crippen LogP contribution in [0.1, 0.15) is 35.1 Å². The number of imide groups is 1. The SMILES string of the molecule is Cc1cccc(N2C(=O)C(c3ccc(C)cc3C)=C(N(C)C3CCN(C)CC3)C2=O)c1. The highest BCUT2D eigenvalue weighted by atomic mass is 16.2. The number of likely N-dealkylation sites (tertiary alicyclic amines) is 1. The van der Waals surface area contributed by atoms with Gasteiger partial charge in [0.05, 0.1) is 11.3 Å². The molecule has 2 amide bonds. The van der Waals surface area contributed by atoms with Crippen molar-refractivity contribution < 1.29 is 9.59 Å². The number of hydrogen-bond donors (Lipinski definition) is 0. The second-order valence-corrected chi connectivity index (χ2v) is 8.97. The van der Waals surface area contributed by atoms with E-state index in [0.29, 0.717) is 17.0 Å². The maximum Gasteiger partial charge on any atom is 0.282 e. The van der Waals surface area contributed by atoms with Crippen LogP contribution in [0.3, 0.4) is 0 Å². The van der Waals surface area contributed by atoms with Gasteiger partial charge in [0, 0.05) is 13.1 Å². The number of nitrogens with zero attached hydrogens (tertiary/aromatic N) is 3. The quantitative estimate of drug-likeness (QED) is 0.708. The number of hydrogen-bond acceptors (Lipinski definition) is 4. The molecule has 5 nitrogen and oxygen atoms in total. The molecule has 2 aliphatic heterocycles. The van der Waals surface area contributed by atoms with Crippen LogP contribution in [-0.2, 0) is 9.59 Å². The molecule has 0 unspecified atom stereocenters. The van der Waals surface area contributed by atoms with Gasteiger partial charge in [-0.25, -0.2) is 4.90 Å². The van der Waals surface area contributed by atoms with Crippen molar-refractivity contribution in [1.82, 2.24) is 9.80 Å². The van der Waals surface area contributed by atoms with Crippen molar-refractivity contribution in [2.24, 2.45) is 0 Å². The molecule has 31 heavy (non-hydrogen) atoms. The monoisotopic (exact) mass is 417 g/mol. The third-order valence-electron chi connectivity index (χ3n) is 6.56. The molecule has 0 spiro atoms. The van der Waals surface area contributed by atoms with Gasteiger partial charge in [-0.3, -0.25) is 9.59 Å². The van der Waals surface area contributed by atoms with E-state index in [2.05, 4.69) is 22.9 Å². The smallest absolute Gasteiger partial charge is 0.282 e. The first-order valence-electron chi connectivity index (χ1n) is 11.0. The Bertz CT molecular complexity index is 1060. The summed E-state index contributed by atoms with van der Waals surface area (Å²) in [5.74, 6) is -0.468. The minimum Gasteiger partial charge on any atom is -0.366 e. The molecule has 0 saturated carbocycles. The van der Waals surface area contributed by atoms with Crippen molar-refractivity contribution in [3.05, 3.63) is 70.4 Å². The van der Waals surface area contributed by atoms with Crippen molar-refractivity contribution >= 4 is 23.1 Å². The minimum atomic E-state index is -0.239. The molecule has 0 aliphatic carbocycles. The first-order valence-corrected chi connectivity index (χ1v) is 11.0. The van der Waals surface area contributed by atoms with Gasteiger partial charge in [-0.15, -0.1) is 0 Å². The van der Waals surface area contributed by atoms with Crippen LogP contribution >= 0.6 is 0 Å². The van der Waals surface area contributed by atoms with E-state index < -0.39 is 0 Å². The summed E-state index contributed by atoms with van der Waals surface area (Å²) < 4.78 is 0. The summed E-state index contributed by atoms with van der Waals surface area (Å²) in [5.41, 5.74) is 5.68. The van der Waals surface area contributed by atoms with Gasteiger partial charge in [0.1, 0.15) is 5.70 Å². The Morgan fingerprint density at radius 1 is 0.903 bits per heavy atom. The molecule has 1 fully saturated rings. The van der Waals surface area contributed by atoms with Crippen molar-refractivity contribution in [3.63, 3.8) is 0 Å². The molecular weight excluding hydrogens is 386 g/mol. The number of likely N-dealkylation sites (N-methyl/N-ethyl adjacent to an activating group) is 1. The number of piperidine rings is 1. The van der Waals surface area contributed by atoms with Crippen LogP contribution in [0.15, 0.2) is 48.2 Å². The summed E-state index contributed by atoms with van der Waals surface area (Å²) in [6.07, 6.45) is 1.95. The Morgan fingerprint density at radius 3 is 2.23 bits per heavy atom. The molecule has 2 heterocycles. The maximum absolute atomic E-state index is 13.7. The van der Waals surface area contributed by atoms with Gasteiger partial charge in [0.2, 0.25) is 0 Å². The fourth-order valence-corrected chi connectivity index (χ4v) is 4.75. The minimum absolute atomic E-state index is 0.230. The fraction of sp³-hybridized carbons (Fsp3) is 0.385. The van der Waals surface area contributed by atoms with Crippen molar-refractivity contribution in [3.8, 4) is 0 Å². The Morgan fingerprint density at radius 2 is 1.58 bits per heavy atom. The number of rotatable bonds is 4. The first-order chi connectivity index (χ1) is 14.8. The molecule has 2 aromatic rings. The molecule has 0 atom stereocenters.